The summed E-state index contributed by atoms with van der Waals surface area (Å²) in [6.07, 6.45) is 7.05. The summed E-state index contributed by atoms with van der Waals surface area (Å²) in [5, 5.41) is 5.74. The minimum atomic E-state index is -0.819. The molecule has 0 bridgehead atoms. The van der Waals surface area contributed by atoms with Crippen LogP contribution in [0.25, 0.3) is 0 Å². The standard InChI is InChI=1S/C25H33N3O5/c1-3-4-14-28(22(29)17-26-24(30)21-13-8-15-33-21)23(18-9-7-12-20(16-18)32-2)25(31)27-19-10-5-6-11-19/h7-9,12-13,15-16,19,23H,3-6,10-11,14,17H2,1-2H3,(H,26,30)(H,27,31). The van der Waals surface area contributed by atoms with Gasteiger partial charge in [0.25, 0.3) is 5.91 Å². The Hall–Kier alpha value is -3.29. The van der Waals surface area contributed by atoms with Crippen LogP contribution in [0.1, 0.15) is 67.6 Å². The summed E-state index contributed by atoms with van der Waals surface area (Å²) in [5.41, 5.74) is 0.673. The lowest BCUT2D eigenvalue weighted by atomic mass is 10.0. The lowest BCUT2D eigenvalue weighted by Gasteiger charge is -2.32. The smallest absolute Gasteiger partial charge is 0.287 e. The highest BCUT2D eigenvalue weighted by molar-refractivity contribution is 5.95. The molecule has 2 aromatic rings. The van der Waals surface area contributed by atoms with Crippen LogP contribution in [0.2, 0.25) is 0 Å². The minimum Gasteiger partial charge on any atom is -0.497 e. The number of ether oxygens (including phenoxy) is 1. The lowest BCUT2D eigenvalue weighted by molar-refractivity contribution is -0.140. The quantitative estimate of drug-likeness (QED) is 0.541. The molecule has 1 heterocycles. The molecule has 1 aromatic carbocycles. The second-order valence-corrected chi connectivity index (χ2v) is 8.27. The number of hydrogen-bond donors (Lipinski definition) is 2. The first kappa shape index (κ1) is 24.4. The fourth-order valence-electron chi connectivity index (χ4n) is 4.11. The van der Waals surface area contributed by atoms with Gasteiger partial charge >= 0.3 is 0 Å². The summed E-state index contributed by atoms with van der Waals surface area (Å²) in [6.45, 7) is 2.19. The summed E-state index contributed by atoms with van der Waals surface area (Å²) in [4.78, 5) is 40.6. The van der Waals surface area contributed by atoms with Crippen LogP contribution in [0.15, 0.2) is 47.1 Å². The van der Waals surface area contributed by atoms with E-state index in [4.69, 9.17) is 9.15 Å². The van der Waals surface area contributed by atoms with Gasteiger partial charge in [0.1, 0.15) is 11.8 Å². The summed E-state index contributed by atoms with van der Waals surface area (Å²) in [7, 11) is 1.57. The predicted molar refractivity (Wildman–Crippen MR) is 124 cm³/mol. The number of nitrogens with one attached hydrogen (secondary N) is 2. The van der Waals surface area contributed by atoms with Gasteiger partial charge in [0, 0.05) is 12.6 Å². The Kier molecular flexibility index (Phi) is 8.92. The molecule has 8 heteroatoms. The number of rotatable bonds is 11. The third-order valence-corrected chi connectivity index (χ3v) is 5.89. The zero-order chi connectivity index (χ0) is 23.6. The molecule has 178 valence electrons. The fourth-order valence-corrected chi connectivity index (χ4v) is 4.11. The molecule has 1 aromatic heterocycles. The Balaban J connectivity index is 1.84. The molecule has 0 spiro atoms. The second kappa shape index (κ2) is 12.1. The molecule has 0 aliphatic heterocycles. The Morgan fingerprint density at radius 3 is 2.64 bits per heavy atom. The molecule has 3 rings (SSSR count). The first-order valence-electron chi connectivity index (χ1n) is 11.6. The van der Waals surface area contributed by atoms with Crippen molar-refractivity contribution in [1.29, 1.82) is 0 Å². The molecule has 1 saturated carbocycles. The van der Waals surface area contributed by atoms with Crippen molar-refractivity contribution in [1.82, 2.24) is 15.5 Å². The average molecular weight is 456 g/mol. The van der Waals surface area contributed by atoms with Crippen LogP contribution in [-0.2, 0) is 9.59 Å². The normalized spacial score (nSPS) is 14.5. The van der Waals surface area contributed by atoms with Crippen molar-refractivity contribution in [3.05, 3.63) is 54.0 Å². The number of methoxy groups -OCH3 is 1. The highest BCUT2D eigenvalue weighted by Gasteiger charge is 2.33. The Morgan fingerprint density at radius 1 is 1.18 bits per heavy atom. The number of nitrogens with zero attached hydrogens (tertiary/aromatic N) is 1. The van der Waals surface area contributed by atoms with Crippen LogP contribution in [0.4, 0.5) is 0 Å². The molecular formula is C25H33N3O5. The van der Waals surface area contributed by atoms with Crippen molar-refractivity contribution in [2.45, 2.75) is 57.5 Å². The van der Waals surface area contributed by atoms with E-state index in [1.54, 1.807) is 30.2 Å². The number of carbonyl (C=O) groups is 3. The molecule has 1 atom stereocenters. The Labute approximate surface area is 194 Å². The summed E-state index contributed by atoms with van der Waals surface area (Å²) >= 11 is 0. The van der Waals surface area contributed by atoms with Gasteiger partial charge in [-0.05, 0) is 49.1 Å². The van der Waals surface area contributed by atoms with Crippen molar-refractivity contribution in [3.63, 3.8) is 0 Å². The molecule has 0 radical (unpaired) electrons. The molecule has 2 N–H and O–H groups in total. The molecule has 8 nitrogen and oxygen atoms in total. The highest BCUT2D eigenvalue weighted by atomic mass is 16.5. The monoisotopic (exact) mass is 455 g/mol. The van der Waals surface area contributed by atoms with Crippen molar-refractivity contribution in [2.24, 2.45) is 0 Å². The van der Waals surface area contributed by atoms with Gasteiger partial charge in [-0.25, -0.2) is 0 Å². The van der Waals surface area contributed by atoms with E-state index >= 15 is 0 Å². The molecule has 33 heavy (non-hydrogen) atoms. The zero-order valence-corrected chi connectivity index (χ0v) is 19.3. The van der Waals surface area contributed by atoms with Crippen LogP contribution in [0.5, 0.6) is 5.75 Å². The lowest BCUT2D eigenvalue weighted by Crippen LogP contribution is -2.49. The largest absolute Gasteiger partial charge is 0.497 e. The van der Waals surface area contributed by atoms with Gasteiger partial charge < -0.3 is 24.7 Å². The van der Waals surface area contributed by atoms with Gasteiger partial charge in [-0.3, -0.25) is 14.4 Å². The number of hydrogen-bond acceptors (Lipinski definition) is 5. The van der Waals surface area contributed by atoms with Crippen molar-refractivity contribution >= 4 is 17.7 Å². The van der Waals surface area contributed by atoms with Crippen molar-refractivity contribution < 1.29 is 23.5 Å². The zero-order valence-electron chi connectivity index (χ0n) is 19.3. The van der Waals surface area contributed by atoms with E-state index in [1.807, 2.05) is 19.1 Å². The topological polar surface area (TPSA) is 101 Å². The molecule has 1 unspecified atom stereocenters. The first-order valence-corrected chi connectivity index (χ1v) is 11.6. The maximum Gasteiger partial charge on any atom is 0.287 e. The fraction of sp³-hybridized carbons (Fsp3) is 0.480. The number of benzene rings is 1. The van der Waals surface area contributed by atoms with Gasteiger partial charge in [0.05, 0.1) is 19.9 Å². The summed E-state index contributed by atoms with van der Waals surface area (Å²) in [5.74, 6) is -0.279. The predicted octanol–water partition coefficient (Wildman–Crippen LogP) is 3.45. The summed E-state index contributed by atoms with van der Waals surface area (Å²) in [6, 6.07) is 9.66. The number of carbonyl (C=O) groups excluding carboxylic acids is 3. The third-order valence-electron chi connectivity index (χ3n) is 5.89. The first-order chi connectivity index (χ1) is 16.0. The summed E-state index contributed by atoms with van der Waals surface area (Å²) < 4.78 is 10.5. The SMILES string of the molecule is CCCCN(C(=O)CNC(=O)c1ccco1)C(C(=O)NC1CCCC1)c1cccc(OC)c1. The van der Waals surface area contributed by atoms with Crippen LogP contribution >= 0.6 is 0 Å². The molecule has 3 amide bonds. The minimum absolute atomic E-state index is 0.118. The third kappa shape index (κ3) is 6.60. The van der Waals surface area contributed by atoms with Crippen molar-refractivity contribution in [2.75, 3.05) is 20.2 Å². The van der Waals surface area contributed by atoms with E-state index in [1.165, 1.54) is 12.3 Å². The maximum atomic E-state index is 13.5. The Bertz CT molecular complexity index is 922. The number of unbranched alkanes of at least 4 members (excludes halogenated alkanes) is 1. The molecule has 1 aliphatic carbocycles. The molecular weight excluding hydrogens is 422 g/mol. The van der Waals surface area contributed by atoms with E-state index in [2.05, 4.69) is 10.6 Å². The molecule has 1 aliphatic rings. The molecule has 1 fully saturated rings. The van der Waals surface area contributed by atoms with Crippen LogP contribution in [0, 0.1) is 0 Å². The van der Waals surface area contributed by atoms with E-state index in [-0.39, 0.29) is 30.2 Å². The van der Waals surface area contributed by atoms with Crippen LogP contribution in [0.3, 0.4) is 0 Å². The molecule has 0 saturated heterocycles. The van der Waals surface area contributed by atoms with Crippen LogP contribution in [-0.4, -0.2) is 48.9 Å². The van der Waals surface area contributed by atoms with Gasteiger partial charge in [-0.15, -0.1) is 0 Å². The highest BCUT2D eigenvalue weighted by Crippen LogP contribution is 2.27. The van der Waals surface area contributed by atoms with Gasteiger partial charge in [0.2, 0.25) is 11.8 Å². The second-order valence-electron chi connectivity index (χ2n) is 8.27. The van der Waals surface area contributed by atoms with Crippen LogP contribution < -0.4 is 15.4 Å². The van der Waals surface area contributed by atoms with E-state index in [9.17, 15) is 14.4 Å². The number of amides is 3. The van der Waals surface area contributed by atoms with Gasteiger partial charge in [-0.2, -0.15) is 0 Å². The maximum absolute atomic E-state index is 13.5. The number of furan rings is 1. The van der Waals surface area contributed by atoms with Gasteiger partial charge in [-0.1, -0.05) is 38.3 Å². The Morgan fingerprint density at radius 2 is 1.97 bits per heavy atom. The average Bonchev–Trinajstić information content (AvgIpc) is 3.54. The van der Waals surface area contributed by atoms with Gasteiger partial charge in [0.15, 0.2) is 5.76 Å². The van der Waals surface area contributed by atoms with E-state index < -0.39 is 11.9 Å². The van der Waals surface area contributed by atoms with E-state index in [0.29, 0.717) is 17.9 Å². The van der Waals surface area contributed by atoms with Crippen molar-refractivity contribution in [3.8, 4) is 5.75 Å². The van der Waals surface area contributed by atoms with E-state index in [0.717, 1.165) is 38.5 Å².